The van der Waals surface area contributed by atoms with E-state index < -0.39 is 0 Å². The molecule has 3 heterocycles. The van der Waals surface area contributed by atoms with Gasteiger partial charge in [-0.3, -0.25) is 9.69 Å². The predicted octanol–water partition coefficient (Wildman–Crippen LogP) is 2.19. The number of carbonyl (C=O) groups is 2. The van der Waals surface area contributed by atoms with Gasteiger partial charge in [-0.15, -0.1) is 0 Å². The van der Waals surface area contributed by atoms with Crippen molar-refractivity contribution in [3.8, 4) is 0 Å². The van der Waals surface area contributed by atoms with E-state index >= 15 is 0 Å². The Labute approximate surface area is 161 Å². The summed E-state index contributed by atoms with van der Waals surface area (Å²) in [5.74, 6) is 0.170. The van der Waals surface area contributed by atoms with Crippen LogP contribution >= 0.6 is 0 Å². The molecule has 0 saturated carbocycles. The van der Waals surface area contributed by atoms with Gasteiger partial charge in [-0.2, -0.15) is 0 Å². The molecule has 2 fully saturated rings. The van der Waals surface area contributed by atoms with Crippen molar-refractivity contribution in [2.45, 2.75) is 38.6 Å². The van der Waals surface area contributed by atoms with Crippen LogP contribution < -0.4 is 4.90 Å². The maximum absolute atomic E-state index is 12.9. The van der Waals surface area contributed by atoms with Crippen LogP contribution in [0.2, 0.25) is 0 Å². The number of carbonyl (C=O) groups excluding carboxylic acids is 2. The first-order valence-corrected chi connectivity index (χ1v) is 10.3. The molecule has 3 amide bonds. The van der Waals surface area contributed by atoms with Crippen LogP contribution in [0, 0.1) is 0 Å². The van der Waals surface area contributed by atoms with Gasteiger partial charge >= 0.3 is 6.03 Å². The highest BCUT2D eigenvalue weighted by Gasteiger charge is 2.32. The molecule has 0 N–H and O–H groups in total. The van der Waals surface area contributed by atoms with E-state index in [1.807, 2.05) is 32.9 Å². The molecule has 27 heavy (non-hydrogen) atoms. The molecule has 0 radical (unpaired) electrons. The summed E-state index contributed by atoms with van der Waals surface area (Å²) in [5.41, 5.74) is 2.32. The van der Waals surface area contributed by atoms with E-state index in [2.05, 4.69) is 17.9 Å². The highest BCUT2D eigenvalue weighted by molar-refractivity contribution is 5.97. The van der Waals surface area contributed by atoms with Crippen LogP contribution in [-0.2, 0) is 11.2 Å². The van der Waals surface area contributed by atoms with E-state index in [4.69, 9.17) is 0 Å². The van der Waals surface area contributed by atoms with Crippen LogP contribution in [-0.4, -0.2) is 78.5 Å². The first-order valence-electron chi connectivity index (χ1n) is 10.3. The molecule has 3 aliphatic heterocycles. The van der Waals surface area contributed by atoms with E-state index in [1.54, 1.807) is 0 Å². The minimum absolute atomic E-state index is 0.170. The fourth-order valence-corrected chi connectivity index (χ4v) is 4.60. The van der Waals surface area contributed by atoms with Gasteiger partial charge in [0.1, 0.15) is 0 Å². The SMILES string of the molecule is CC1Cc2ccccc2N1C(=O)CN1CCN(C(=O)N2CCCCC2)CC1. The molecule has 0 bridgehead atoms. The first-order chi connectivity index (χ1) is 13.1. The molecule has 0 aliphatic carbocycles. The molecule has 6 nitrogen and oxygen atoms in total. The number of piperidine rings is 1. The van der Waals surface area contributed by atoms with Crippen molar-refractivity contribution < 1.29 is 9.59 Å². The van der Waals surface area contributed by atoms with Gasteiger partial charge in [-0.25, -0.2) is 4.79 Å². The van der Waals surface area contributed by atoms with E-state index in [1.165, 1.54) is 12.0 Å². The largest absolute Gasteiger partial charge is 0.325 e. The number of amides is 3. The third-order valence-electron chi connectivity index (χ3n) is 6.10. The fourth-order valence-electron chi connectivity index (χ4n) is 4.60. The van der Waals surface area contributed by atoms with Crippen molar-refractivity contribution in [2.24, 2.45) is 0 Å². The standard InChI is InChI=1S/C21H30N4O2/c1-17-15-18-7-3-4-8-19(18)25(17)20(26)16-22-11-13-24(14-12-22)21(27)23-9-5-2-6-10-23/h3-4,7-8,17H,2,5-6,9-16H2,1H3. The molecule has 0 aromatic heterocycles. The minimum atomic E-state index is 0.170. The van der Waals surface area contributed by atoms with Gasteiger partial charge in [-0.05, 0) is 44.2 Å². The summed E-state index contributed by atoms with van der Waals surface area (Å²) in [6, 6.07) is 8.61. The number of hydrogen-bond donors (Lipinski definition) is 0. The second-order valence-electron chi connectivity index (χ2n) is 8.04. The van der Waals surface area contributed by atoms with Crippen molar-refractivity contribution in [1.29, 1.82) is 0 Å². The van der Waals surface area contributed by atoms with Crippen LogP contribution in [0.5, 0.6) is 0 Å². The van der Waals surface area contributed by atoms with Gasteiger partial charge in [-0.1, -0.05) is 18.2 Å². The van der Waals surface area contributed by atoms with E-state index in [9.17, 15) is 9.59 Å². The van der Waals surface area contributed by atoms with E-state index in [0.29, 0.717) is 6.54 Å². The van der Waals surface area contributed by atoms with Crippen molar-refractivity contribution in [3.05, 3.63) is 29.8 Å². The number of likely N-dealkylation sites (tertiary alicyclic amines) is 1. The van der Waals surface area contributed by atoms with Crippen LogP contribution in [0.4, 0.5) is 10.5 Å². The maximum Gasteiger partial charge on any atom is 0.320 e. The summed E-state index contributed by atoms with van der Waals surface area (Å²) in [6.45, 7) is 7.32. The number of piperazine rings is 1. The highest BCUT2D eigenvalue weighted by atomic mass is 16.2. The quantitative estimate of drug-likeness (QED) is 0.802. The number of benzene rings is 1. The lowest BCUT2D eigenvalue weighted by Gasteiger charge is -2.38. The molecule has 1 aromatic rings. The predicted molar refractivity (Wildman–Crippen MR) is 106 cm³/mol. The zero-order valence-corrected chi connectivity index (χ0v) is 16.3. The minimum Gasteiger partial charge on any atom is -0.325 e. The van der Waals surface area contributed by atoms with Gasteiger partial charge in [0.15, 0.2) is 0 Å². The van der Waals surface area contributed by atoms with Crippen molar-refractivity contribution in [2.75, 3.05) is 50.7 Å². The maximum atomic E-state index is 12.9. The molecule has 0 spiro atoms. The zero-order chi connectivity index (χ0) is 18.8. The summed E-state index contributed by atoms with van der Waals surface area (Å²) in [5, 5.41) is 0. The van der Waals surface area contributed by atoms with Crippen molar-refractivity contribution >= 4 is 17.6 Å². The second-order valence-corrected chi connectivity index (χ2v) is 8.04. The lowest BCUT2D eigenvalue weighted by atomic mass is 10.1. The first kappa shape index (κ1) is 18.3. The summed E-state index contributed by atoms with van der Waals surface area (Å²) in [7, 11) is 0. The average Bonchev–Trinajstić information content (AvgIpc) is 3.04. The third kappa shape index (κ3) is 3.81. The number of nitrogens with zero attached hydrogens (tertiary/aromatic N) is 4. The molecule has 6 heteroatoms. The Hall–Kier alpha value is -2.08. The van der Waals surface area contributed by atoms with Crippen molar-refractivity contribution in [1.82, 2.24) is 14.7 Å². The normalized spacial score (nSPS) is 23.4. The Balaban J connectivity index is 1.30. The van der Waals surface area contributed by atoms with Gasteiger partial charge in [0.2, 0.25) is 5.91 Å². The molecule has 3 aliphatic rings. The van der Waals surface area contributed by atoms with Gasteiger partial charge < -0.3 is 14.7 Å². The van der Waals surface area contributed by atoms with Gasteiger partial charge in [0.25, 0.3) is 0 Å². The summed E-state index contributed by atoms with van der Waals surface area (Å²) in [6.07, 6.45) is 4.41. The van der Waals surface area contributed by atoms with E-state index in [-0.39, 0.29) is 18.0 Å². The average molecular weight is 370 g/mol. The van der Waals surface area contributed by atoms with Gasteiger partial charge in [0, 0.05) is 51.0 Å². The smallest absolute Gasteiger partial charge is 0.320 e. The number of hydrogen-bond acceptors (Lipinski definition) is 3. The number of fused-ring (bicyclic) bond motifs is 1. The monoisotopic (exact) mass is 370 g/mol. The highest BCUT2D eigenvalue weighted by Crippen LogP contribution is 2.31. The molecular formula is C21H30N4O2. The third-order valence-corrected chi connectivity index (χ3v) is 6.10. The fraction of sp³-hybridized carbons (Fsp3) is 0.619. The summed E-state index contributed by atoms with van der Waals surface area (Å²) in [4.78, 5) is 33.7. The Morgan fingerprint density at radius 3 is 2.33 bits per heavy atom. The van der Waals surface area contributed by atoms with Gasteiger partial charge in [0.05, 0.1) is 6.54 Å². The molecule has 1 atom stereocenters. The van der Waals surface area contributed by atoms with Crippen LogP contribution in [0.3, 0.4) is 0 Å². The topological polar surface area (TPSA) is 47.1 Å². The molecule has 146 valence electrons. The van der Waals surface area contributed by atoms with Crippen LogP contribution in [0.25, 0.3) is 0 Å². The number of rotatable bonds is 2. The van der Waals surface area contributed by atoms with Crippen molar-refractivity contribution in [3.63, 3.8) is 0 Å². The second kappa shape index (κ2) is 7.89. The summed E-state index contributed by atoms with van der Waals surface area (Å²) >= 11 is 0. The van der Waals surface area contributed by atoms with E-state index in [0.717, 1.165) is 64.2 Å². The molecule has 4 rings (SSSR count). The Morgan fingerprint density at radius 1 is 0.926 bits per heavy atom. The number of para-hydroxylation sites is 1. The zero-order valence-electron chi connectivity index (χ0n) is 16.3. The lowest BCUT2D eigenvalue weighted by molar-refractivity contribution is -0.120. The lowest BCUT2D eigenvalue weighted by Crippen LogP contribution is -2.55. The van der Waals surface area contributed by atoms with Crippen LogP contribution in [0.15, 0.2) is 24.3 Å². The Morgan fingerprint density at radius 2 is 1.59 bits per heavy atom. The Kier molecular flexibility index (Phi) is 5.34. The Bertz CT molecular complexity index is 693. The molecular weight excluding hydrogens is 340 g/mol. The number of urea groups is 1. The van der Waals surface area contributed by atoms with Crippen LogP contribution in [0.1, 0.15) is 31.7 Å². The molecule has 1 aromatic carbocycles. The molecule has 1 unspecified atom stereocenters. The molecule has 2 saturated heterocycles. The summed E-state index contributed by atoms with van der Waals surface area (Å²) < 4.78 is 0. The number of anilines is 1.